The van der Waals surface area contributed by atoms with E-state index in [0.29, 0.717) is 16.7 Å². The van der Waals surface area contributed by atoms with Gasteiger partial charge in [0, 0.05) is 24.1 Å². The number of morpholine rings is 1. The molecule has 0 aliphatic carbocycles. The lowest BCUT2D eigenvalue weighted by Gasteiger charge is -2.46. The first-order chi connectivity index (χ1) is 34.0. The largest absolute Gasteiger partial charge is 0.491 e. The fraction of sp³-hybridized carbons (Fsp3) is 0.273. The maximum atomic E-state index is 16.6. The van der Waals surface area contributed by atoms with Crippen LogP contribution in [0.1, 0.15) is 71.0 Å². The van der Waals surface area contributed by atoms with Gasteiger partial charge in [-0.05, 0) is 53.4 Å². The molecule has 15 heteroatoms. The van der Waals surface area contributed by atoms with E-state index in [2.05, 4.69) is 29.1 Å². The van der Waals surface area contributed by atoms with Crippen LogP contribution in [0, 0.1) is 23.7 Å². The third kappa shape index (κ3) is 8.79. The number of urea groups is 1. The van der Waals surface area contributed by atoms with Gasteiger partial charge >= 0.3 is 23.9 Å². The summed E-state index contributed by atoms with van der Waals surface area (Å²) in [4.78, 5) is 90.6. The highest BCUT2D eigenvalue weighted by molar-refractivity contribution is 6.24. The van der Waals surface area contributed by atoms with Crippen LogP contribution in [0.4, 0.5) is 10.5 Å². The molecule has 4 amide bonds. The summed E-state index contributed by atoms with van der Waals surface area (Å²) in [6.45, 7) is 5.04. The molecule has 0 bridgehead atoms. The van der Waals surface area contributed by atoms with Crippen LogP contribution in [-0.4, -0.2) is 85.8 Å². The highest BCUT2D eigenvalue weighted by Gasteiger charge is 2.76. The number of aliphatic hydroxyl groups is 1. The Kier molecular flexibility index (Phi) is 14.6. The van der Waals surface area contributed by atoms with Gasteiger partial charge in [0.15, 0.2) is 5.92 Å². The Morgan fingerprint density at radius 3 is 2.11 bits per heavy atom. The van der Waals surface area contributed by atoms with Crippen molar-refractivity contribution in [1.29, 1.82) is 0 Å². The zero-order valence-electron chi connectivity index (χ0n) is 38.8. The van der Waals surface area contributed by atoms with Crippen molar-refractivity contribution in [3.63, 3.8) is 0 Å². The minimum Gasteiger partial charge on any atom is -0.491 e. The molecule has 2 fully saturated rings. The zero-order chi connectivity index (χ0) is 49.5. The number of benzene rings is 5. The normalized spacial score (nSPS) is 21.6. The molecule has 5 aromatic carbocycles. The number of hydrogen-bond acceptors (Lipinski definition) is 12. The van der Waals surface area contributed by atoms with Crippen LogP contribution in [0.2, 0.25) is 0 Å². The highest BCUT2D eigenvalue weighted by Crippen LogP contribution is 2.66. The van der Waals surface area contributed by atoms with Gasteiger partial charge in [-0.15, -0.1) is 6.58 Å². The molecule has 3 aliphatic heterocycles. The Hall–Kier alpha value is -8.06. The second-order valence-corrected chi connectivity index (χ2v) is 17.0. The van der Waals surface area contributed by atoms with Gasteiger partial charge in [-0.2, -0.15) is 0 Å². The van der Waals surface area contributed by atoms with E-state index < -0.39 is 83.3 Å². The van der Waals surface area contributed by atoms with E-state index in [1.807, 2.05) is 95.9 Å². The summed E-state index contributed by atoms with van der Waals surface area (Å²) in [7, 11) is 2.29. The van der Waals surface area contributed by atoms with Gasteiger partial charge in [0.2, 0.25) is 11.8 Å². The maximum absolute atomic E-state index is 16.6. The molecule has 15 nitrogen and oxygen atoms in total. The van der Waals surface area contributed by atoms with Crippen molar-refractivity contribution < 1.29 is 52.8 Å². The van der Waals surface area contributed by atoms with E-state index in [-0.39, 0.29) is 48.7 Å². The SMILES string of the molecule is C=CCNC(=O)[C@@H]1[C@H]2C(=O)O[C@H](c3ccccc3)[C@H](c3ccccc3)N2[C@H](c2ccccc2OCCO)[C@@]12C(=O)N(C(=O)N[C@H](C)c1ccccc1)c1ccc(C#CCC(C(=O)OC)C(=O)OC)cc12. The molecule has 3 aliphatic rings. The van der Waals surface area contributed by atoms with Crippen molar-refractivity contribution in [2.75, 3.05) is 38.9 Å². The van der Waals surface area contributed by atoms with Crippen molar-refractivity contribution in [3.8, 4) is 17.6 Å². The number of carbonyl (C=O) groups excluding carboxylic acids is 6. The van der Waals surface area contributed by atoms with Crippen LogP contribution >= 0.6 is 0 Å². The van der Waals surface area contributed by atoms with E-state index in [1.165, 1.54) is 6.08 Å². The maximum Gasteiger partial charge on any atom is 0.329 e. The summed E-state index contributed by atoms with van der Waals surface area (Å²) in [5.74, 6) is -0.834. The lowest BCUT2D eigenvalue weighted by Crippen LogP contribution is -2.56. The quantitative estimate of drug-likeness (QED) is 0.0377. The van der Waals surface area contributed by atoms with Crippen molar-refractivity contribution in [2.24, 2.45) is 11.8 Å². The smallest absolute Gasteiger partial charge is 0.329 e. The average molecular weight is 945 g/mol. The predicted molar refractivity (Wildman–Crippen MR) is 257 cm³/mol. The first-order valence-electron chi connectivity index (χ1n) is 22.8. The van der Waals surface area contributed by atoms with Crippen LogP contribution in [0.15, 0.2) is 146 Å². The summed E-state index contributed by atoms with van der Waals surface area (Å²) >= 11 is 0. The van der Waals surface area contributed by atoms with Crippen molar-refractivity contribution in [2.45, 2.75) is 49.0 Å². The molecule has 0 saturated carbocycles. The lowest BCUT2D eigenvalue weighted by atomic mass is 9.65. The molecule has 5 aromatic rings. The van der Waals surface area contributed by atoms with Crippen molar-refractivity contribution >= 4 is 41.4 Å². The van der Waals surface area contributed by atoms with E-state index in [1.54, 1.807) is 49.4 Å². The molecule has 3 heterocycles. The molecule has 0 aromatic heterocycles. The van der Waals surface area contributed by atoms with Crippen LogP contribution in [0.5, 0.6) is 5.75 Å². The highest BCUT2D eigenvalue weighted by atomic mass is 16.6. The van der Waals surface area contributed by atoms with Gasteiger partial charge in [-0.25, -0.2) is 9.69 Å². The number of nitrogens with one attached hydrogen (secondary N) is 2. The number of methoxy groups -OCH3 is 2. The second-order valence-electron chi connectivity index (χ2n) is 17.0. The summed E-state index contributed by atoms with van der Waals surface area (Å²) in [5.41, 5.74) is 0.872. The van der Waals surface area contributed by atoms with Gasteiger partial charge in [0.05, 0.1) is 50.6 Å². The fourth-order valence-corrected chi connectivity index (χ4v) is 10.1. The standard InChI is InChI=1S/C55H52N4O11/c1-5-30-56-49(61)44-46-52(64)70-47(38-23-13-8-14-24-38)45(37-21-11-7-12-22-37)59(46)48(39-25-15-16-27-43(39)69-32-31-60)55(44)41-33-35(18-17-26-40(50(62)67-3)51(63)68-4)28-29-42(41)58(53(55)65)54(66)57-34(2)36-19-9-6-10-20-36/h5-16,19-25,27-29,33-34,40,44-48,60H,1,26,30-32H2,2-4H3,(H,56,61)(H,57,66)/t34-,44+,45+,46+,47-,48-,55+/m1/s1. The second kappa shape index (κ2) is 21.1. The zero-order valence-corrected chi connectivity index (χ0v) is 38.8. The van der Waals surface area contributed by atoms with Gasteiger partial charge < -0.3 is 34.7 Å². The number of para-hydroxylation sites is 1. The number of hydrogen-bond donors (Lipinski definition) is 3. The van der Waals surface area contributed by atoms with Crippen molar-refractivity contribution in [3.05, 3.63) is 179 Å². The number of nitrogens with zero attached hydrogens (tertiary/aromatic N) is 2. The third-order valence-corrected chi connectivity index (χ3v) is 13.1. The Morgan fingerprint density at radius 1 is 0.843 bits per heavy atom. The number of aliphatic hydroxyl groups excluding tert-OH is 1. The number of fused-ring (bicyclic) bond motifs is 3. The Labute approximate surface area is 405 Å². The van der Waals surface area contributed by atoms with E-state index in [0.717, 1.165) is 24.7 Å². The van der Waals surface area contributed by atoms with Gasteiger partial charge in [0.25, 0.3) is 0 Å². The number of cyclic esters (lactones) is 1. The number of esters is 3. The predicted octanol–water partition coefficient (Wildman–Crippen LogP) is 6.20. The Bertz CT molecular complexity index is 2830. The molecule has 8 rings (SSSR count). The molecule has 358 valence electrons. The minimum atomic E-state index is -2.16. The Balaban J connectivity index is 1.45. The monoisotopic (exact) mass is 944 g/mol. The number of rotatable bonds is 14. The molecule has 70 heavy (non-hydrogen) atoms. The molecule has 0 radical (unpaired) electrons. The number of ether oxygens (including phenoxy) is 4. The first kappa shape index (κ1) is 48.4. The molecular weight excluding hydrogens is 893 g/mol. The average Bonchev–Trinajstić information content (AvgIpc) is 3.85. The van der Waals surface area contributed by atoms with Crippen LogP contribution in [-0.2, 0) is 43.6 Å². The molecule has 2 saturated heterocycles. The van der Waals surface area contributed by atoms with E-state index in [9.17, 15) is 14.7 Å². The summed E-state index contributed by atoms with van der Waals surface area (Å²) in [6.07, 6.45) is 0.200. The first-order valence-corrected chi connectivity index (χ1v) is 22.8. The summed E-state index contributed by atoms with van der Waals surface area (Å²) in [5, 5.41) is 16.0. The number of imide groups is 1. The third-order valence-electron chi connectivity index (χ3n) is 13.1. The summed E-state index contributed by atoms with van der Waals surface area (Å²) < 4.78 is 22.5. The molecule has 3 N–H and O–H groups in total. The summed E-state index contributed by atoms with van der Waals surface area (Å²) in [6, 6.07) is 34.3. The lowest BCUT2D eigenvalue weighted by molar-refractivity contribution is -0.178. The van der Waals surface area contributed by atoms with Crippen molar-refractivity contribution in [1.82, 2.24) is 15.5 Å². The van der Waals surface area contributed by atoms with Crippen LogP contribution in [0.3, 0.4) is 0 Å². The van der Waals surface area contributed by atoms with Gasteiger partial charge in [-0.3, -0.25) is 28.9 Å². The van der Waals surface area contributed by atoms with Crippen LogP contribution < -0.4 is 20.3 Å². The van der Waals surface area contributed by atoms with Gasteiger partial charge in [-0.1, -0.05) is 127 Å². The molecule has 0 unspecified atom stereocenters. The van der Waals surface area contributed by atoms with E-state index in [4.69, 9.17) is 18.9 Å². The Morgan fingerprint density at radius 2 is 1.47 bits per heavy atom. The number of carbonyl (C=O) groups is 6. The fourth-order valence-electron chi connectivity index (χ4n) is 10.1. The minimum absolute atomic E-state index is 0.0459. The number of amides is 4. The molecular formula is C55H52N4O11. The molecule has 1 spiro atoms. The molecule has 7 atom stereocenters. The topological polar surface area (TPSA) is 190 Å². The van der Waals surface area contributed by atoms with Gasteiger partial charge in [0.1, 0.15) is 29.9 Å². The van der Waals surface area contributed by atoms with Crippen LogP contribution in [0.25, 0.3) is 0 Å². The number of anilines is 1. The van der Waals surface area contributed by atoms with E-state index >= 15 is 19.2 Å².